The van der Waals surface area contributed by atoms with Crippen molar-refractivity contribution in [3.8, 4) is 0 Å². The molecule has 5 nitrogen and oxygen atoms in total. The SMILES string of the molecule is O=C(NCc1ccccc1)c1ccccc1NC(=O)C1CCN(Cc2ccc(F)cc2)CC1. The first kappa shape index (κ1) is 22.7. The molecule has 1 aliphatic heterocycles. The van der Waals surface area contributed by atoms with E-state index in [1.54, 1.807) is 30.3 Å². The summed E-state index contributed by atoms with van der Waals surface area (Å²) in [5, 5.41) is 5.89. The van der Waals surface area contributed by atoms with Crippen LogP contribution >= 0.6 is 0 Å². The number of amides is 2. The number of para-hydroxylation sites is 1. The highest BCUT2D eigenvalue weighted by atomic mass is 19.1. The van der Waals surface area contributed by atoms with Gasteiger partial charge in [-0.2, -0.15) is 0 Å². The van der Waals surface area contributed by atoms with Crippen molar-refractivity contribution in [2.24, 2.45) is 5.92 Å². The summed E-state index contributed by atoms with van der Waals surface area (Å²) in [5.74, 6) is -0.610. The zero-order valence-electron chi connectivity index (χ0n) is 18.5. The molecule has 2 amide bonds. The lowest BCUT2D eigenvalue weighted by atomic mass is 9.95. The largest absolute Gasteiger partial charge is 0.348 e. The summed E-state index contributed by atoms with van der Waals surface area (Å²) < 4.78 is 13.1. The summed E-state index contributed by atoms with van der Waals surface area (Å²) in [5.41, 5.74) is 3.06. The van der Waals surface area contributed by atoms with Crippen LogP contribution in [0.3, 0.4) is 0 Å². The molecule has 3 aromatic carbocycles. The van der Waals surface area contributed by atoms with Crippen LogP contribution in [-0.2, 0) is 17.9 Å². The Morgan fingerprint density at radius 1 is 0.848 bits per heavy atom. The van der Waals surface area contributed by atoms with Crippen LogP contribution in [0.15, 0.2) is 78.9 Å². The third-order valence-electron chi connectivity index (χ3n) is 6.00. The van der Waals surface area contributed by atoms with E-state index < -0.39 is 0 Å². The Hall–Kier alpha value is -3.51. The van der Waals surface area contributed by atoms with E-state index in [2.05, 4.69) is 15.5 Å². The number of hydrogen-bond donors (Lipinski definition) is 2. The quantitative estimate of drug-likeness (QED) is 0.559. The van der Waals surface area contributed by atoms with E-state index in [0.717, 1.165) is 43.6 Å². The normalized spacial score (nSPS) is 14.6. The van der Waals surface area contributed by atoms with Gasteiger partial charge in [0.25, 0.3) is 5.91 Å². The summed E-state index contributed by atoms with van der Waals surface area (Å²) in [6, 6.07) is 23.3. The first-order valence-corrected chi connectivity index (χ1v) is 11.3. The number of rotatable bonds is 7. The van der Waals surface area contributed by atoms with E-state index in [9.17, 15) is 14.0 Å². The van der Waals surface area contributed by atoms with Crippen molar-refractivity contribution in [3.05, 3.63) is 101 Å². The Balaban J connectivity index is 1.30. The lowest BCUT2D eigenvalue weighted by molar-refractivity contribution is -0.121. The summed E-state index contributed by atoms with van der Waals surface area (Å²) in [6.45, 7) is 2.77. The minimum Gasteiger partial charge on any atom is -0.348 e. The molecule has 6 heteroatoms. The van der Waals surface area contributed by atoms with Crippen molar-refractivity contribution >= 4 is 17.5 Å². The Bertz CT molecular complexity index is 1080. The molecule has 2 N–H and O–H groups in total. The summed E-state index contributed by atoms with van der Waals surface area (Å²) in [4.78, 5) is 27.9. The Labute approximate surface area is 193 Å². The second kappa shape index (κ2) is 10.9. The molecule has 0 saturated carbocycles. The van der Waals surface area contributed by atoms with Gasteiger partial charge >= 0.3 is 0 Å². The molecule has 1 fully saturated rings. The van der Waals surface area contributed by atoms with E-state index >= 15 is 0 Å². The van der Waals surface area contributed by atoms with Crippen molar-refractivity contribution in [2.45, 2.75) is 25.9 Å². The number of carbonyl (C=O) groups excluding carboxylic acids is 2. The Morgan fingerprint density at radius 2 is 1.52 bits per heavy atom. The Kier molecular flexibility index (Phi) is 7.47. The first-order valence-electron chi connectivity index (χ1n) is 11.3. The third kappa shape index (κ3) is 6.26. The van der Waals surface area contributed by atoms with E-state index in [0.29, 0.717) is 17.8 Å². The van der Waals surface area contributed by atoms with Crippen LogP contribution in [0.25, 0.3) is 0 Å². The van der Waals surface area contributed by atoms with Gasteiger partial charge in [-0.1, -0.05) is 54.6 Å². The van der Waals surface area contributed by atoms with Gasteiger partial charge < -0.3 is 10.6 Å². The van der Waals surface area contributed by atoms with Crippen LogP contribution in [0.4, 0.5) is 10.1 Å². The monoisotopic (exact) mass is 445 g/mol. The van der Waals surface area contributed by atoms with Crippen LogP contribution in [0.2, 0.25) is 0 Å². The second-order valence-electron chi connectivity index (χ2n) is 8.38. The molecule has 170 valence electrons. The van der Waals surface area contributed by atoms with Crippen molar-refractivity contribution in [1.29, 1.82) is 0 Å². The number of nitrogens with zero attached hydrogens (tertiary/aromatic N) is 1. The topological polar surface area (TPSA) is 61.4 Å². The predicted molar refractivity (Wildman–Crippen MR) is 127 cm³/mol. The van der Waals surface area contributed by atoms with Crippen molar-refractivity contribution in [2.75, 3.05) is 18.4 Å². The van der Waals surface area contributed by atoms with Gasteiger partial charge in [0.15, 0.2) is 0 Å². The minimum atomic E-state index is -0.233. The van der Waals surface area contributed by atoms with Crippen LogP contribution in [0, 0.1) is 11.7 Å². The molecule has 0 radical (unpaired) electrons. The molecule has 0 atom stereocenters. The van der Waals surface area contributed by atoms with Gasteiger partial charge in [-0.15, -0.1) is 0 Å². The fraction of sp³-hybridized carbons (Fsp3) is 0.259. The second-order valence-corrected chi connectivity index (χ2v) is 8.38. The molecule has 1 aliphatic rings. The van der Waals surface area contributed by atoms with Crippen molar-refractivity contribution in [1.82, 2.24) is 10.2 Å². The number of nitrogens with one attached hydrogen (secondary N) is 2. The molecule has 4 rings (SSSR count). The average molecular weight is 446 g/mol. The van der Waals surface area contributed by atoms with Gasteiger partial charge in [0.2, 0.25) is 5.91 Å². The van der Waals surface area contributed by atoms with Crippen molar-refractivity contribution < 1.29 is 14.0 Å². The molecule has 0 aromatic heterocycles. The van der Waals surface area contributed by atoms with Crippen LogP contribution in [0.5, 0.6) is 0 Å². The highest BCUT2D eigenvalue weighted by Gasteiger charge is 2.26. The zero-order chi connectivity index (χ0) is 23.0. The minimum absolute atomic E-state index is 0.0558. The fourth-order valence-electron chi connectivity index (χ4n) is 4.10. The highest BCUT2D eigenvalue weighted by molar-refractivity contribution is 6.04. The lowest BCUT2D eigenvalue weighted by Crippen LogP contribution is -2.38. The zero-order valence-corrected chi connectivity index (χ0v) is 18.5. The lowest BCUT2D eigenvalue weighted by Gasteiger charge is -2.31. The van der Waals surface area contributed by atoms with Crippen LogP contribution in [0.1, 0.15) is 34.3 Å². The van der Waals surface area contributed by atoms with Gasteiger partial charge in [0.05, 0.1) is 11.3 Å². The van der Waals surface area contributed by atoms with E-state index in [1.165, 1.54) is 12.1 Å². The third-order valence-corrected chi connectivity index (χ3v) is 6.00. The predicted octanol–water partition coefficient (Wildman–Crippen LogP) is 4.61. The number of hydrogen-bond acceptors (Lipinski definition) is 3. The van der Waals surface area contributed by atoms with E-state index in [4.69, 9.17) is 0 Å². The maximum Gasteiger partial charge on any atom is 0.253 e. The van der Waals surface area contributed by atoms with Gasteiger partial charge in [-0.3, -0.25) is 14.5 Å². The summed E-state index contributed by atoms with van der Waals surface area (Å²) in [7, 11) is 0. The number of piperidine rings is 1. The number of halogens is 1. The molecule has 1 saturated heterocycles. The maximum atomic E-state index is 13.1. The Morgan fingerprint density at radius 3 is 2.24 bits per heavy atom. The number of anilines is 1. The van der Waals surface area contributed by atoms with Crippen LogP contribution in [-0.4, -0.2) is 29.8 Å². The van der Waals surface area contributed by atoms with Gasteiger partial charge in [0.1, 0.15) is 5.82 Å². The number of benzene rings is 3. The number of likely N-dealkylation sites (tertiary alicyclic amines) is 1. The molecular weight excluding hydrogens is 417 g/mol. The van der Waals surface area contributed by atoms with E-state index in [1.807, 2.05) is 36.4 Å². The van der Waals surface area contributed by atoms with Gasteiger partial charge in [0, 0.05) is 19.0 Å². The standard InChI is InChI=1S/C27H28FN3O2/c28-23-12-10-21(11-13-23)19-31-16-14-22(15-17-31)26(32)30-25-9-5-4-8-24(25)27(33)29-18-20-6-2-1-3-7-20/h1-13,22H,14-19H2,(H,29,33)(H,30,32). The van der Waals surface area contributed by atoms with E-state index in [-0.39, 0.29) is 23.5 Å². The average Bonchev–Trinajstić information content (AvgIpc) is 2.85. The number of carbonyl (C=O) groups is 2. The highest BCUT2D eigenvalue weighted by Crippen LogP contribution is 2.23. The smallest absolute Gasteiger partial charge is 0.253 e. The molecule has 0 spiro atoms. The molecule has 3 aromatic rings. The van der Waals surface area contributed by atoms with Crippen molar-refractivity contribution in [3.63, 3.8) is 0 Å². The molecule has 33 heavy (non-hydrogen) atoms. The molecule has 0 bridgehead atoms. The van der Waals surface area contributed by atoms with Gasteiger partial charge in [-0.05, 0) is 61.3 Å². The van der Waals surface area contributed by atoms with Crippen LogP contribution < -0.4 is 10.6 Å². The first-order chi connectivity index (χ1) is 16.1. The molecule has 0 unspecified atom stereocenters. The fourth-order valence-corrected chi connectivity index (χ4v) is 4.10. The maximum absolute atomic E-state index is 13.1. The van der Waals surface area contributed by atoms with Gasteiger partial charge in [-0.25, -0.2) is 4.39 Å². The summed E-state index contributed by atoms with van der Waals surface area (Å²) >= 11 is 0. The molecule has 1 heterocycles. The summed E-state index contributed by atoms with van der Waals surface area (Å²) in [6.07, 6.45) is 1.49. The molecule has 0 aliphatic carbocycles. The molecular formula is C27H28FN3O2.